The van der Waals surface area contributed by atoms with Crippen LogP contribution in [-0.4, -0.2) is 31.1 Å². The van der Waals surface area contributed by atoms with E-state index in [9.17, 15) is 8.42 Å². The fourth-order valence-electron chi connectivity index (χ4n) is 1.40. The van der Waals surface area contributed by atoms with E-state index < -0.39 is 10.0 Å². The third kappa shape index (κ3) is 5.14. The van der Waals surface area contributed by atoms with Gasteiger partial charge in [0.25, 0.3) is 0 Å². The standard InChI is InChI=1S/C10H20N2O2S/c1-9(2)8-15(13,14)12(10(3)4)7-5-6-11/h9-10H,5,7-8H2,1-4H3. The van der Waals surface area contributed by atoms with E-state index in [2.05, 4.69) is 0 Å². The van der Waals surface area contributed by atoms with E-state index in [1.54, 1.807) is 0 Å². The molecule has 0 aliphatic heterocycles. The molecule has 4 nitrogen and oxygen atoms in total. The molecule has 0 N–H and O–H groups in total. The average Bonchev–Trinajstić information content (AvgIpc) is 2.00. The first-order valence-corrected chi connectivity index (χ1v) is 6.78. The number of hydrogen-bond acceptors (Lipinski definition) is 3. The lowest BCUT2D eigenvalue weighted by molar-refractivity contribution is 0.358. The summed E-state index contributed by atoms with van der Waals surface area (Å²) < 4.78 is 25.2. The summed E-state index contributed by atoms with van der Waals surface area (Å²) in [5.41, 5.74) is 0. The number of rotatable bonds is 6. The third-order valence-electron chi connectivity index (χ3n) is 1.92. The Kier molecular flexibility index (Phi) is 5.84. The van der Waals surface area contributed by atoms with E-state index in [1.165, 1.54) is 4.31 Å². The molecule has 0 rings (SSSR count). The van der Waals surface area contributed by atoms with Crippen LogP contribution in [0.3, 0.4) is 0 Å². The Bertz CT molecular complexity index is 315. The molecule has 0 aliphatic carbocycles. The maximum atomic E-state index is 11.9. The molecule has 0 atom stereocenters. The van der Waals surface area contributed by atoms with Crippen LogP contribution in [0.4, 0.5) is 0 Å². The van der Waals surface area contributed by atoms with Crippen molar-refractivity contribution < 1.29 is 8.42 Å². The second kappa shape index (κ2) is 6.09. The molecule has 5 heteroatoms. The van der Waals surface area contributed by atoms with E-state index >= 15 is 0 Å². The summed E-state index contributed by atoms with van der Waals surface area (Å²) in [5, 5.41) is 8.47. The molecular formula is C10H20N2O2S. The van der Waals surface area contributed by atoms with Gasteiger partial charge in [-0.15, -0.1) is 0 Å². The first-order chi connectivity index (χ1) is 6.81. The van der Waals surface area contributed by atoms with E-state index in [0.717, 1.165) is 0 Å². The van der Waals surface area contributed by atoms with Crippen LogP contribution in [-0.2, 0) is 10.0 Å². The van der Waals surface area contributed by atoms with Gasteiger partial charge in [0.05, 0.1) is 11.8 Å². The summed E-state index contributed by atoms with van der Waals surface area (Å²) in [7, 11) is -3.21. The SMILES string of the molecule is CC(C)CS(=O)(=O)N(CCC#N)C(C)C. The second-order valence-electron chi connectivity index (χ2n) is 4.28. The molecule has 0 aliphatic rings. The Morgan fingerprint density at radius 3 is 2.13 bits per heavy atom. The van der Waals surface area contributed by atoms with Gasteiger partial charge in [-0.05, 0) is 19.8 Å². The molecule has 0 fully saturated rings. The molecule has 0 saturated carbocycles. The lowest BCUT2D eigenvalue weighted by Gasteiger charge is -2.25. The molecule has 0 heterocycles. The van der Waals surface area contributed by atoms with Crippen LogP contribution in [0.15, 0.2) is 0 Å². The zero-order chi connectivity index (χ0) is 12.1. The largest absolute Gasteiger partial charge is 0.214 e. The predicted molar refractivity (Wildman–Crippen MR) is 60.7 cm³/mol. The van der Waals surface area contributed by atoms with Crippen molar-refractivity contribution in [2.24, 2.45) is 5.92 Å². The van der Waals surface area contributed by atoms with Gasteiger partial charge in [0, 0.05) is 19.0 Å². The highest BCUT2D eigenvalue weighted by molar-refractivity contribution is 7.89. The van der Waals surface area contributed by atoms with Gasteiger partial charge in [-0.25, -0.2) is 8.42 Å². The lowest BCUT2D eigenvalue weighted by atomic mass is 10.3. The summed E-state index contributed by atoms with van der Waals surface area (Å²) in [4.78, 5) is 0. The molecule has 0 unspecified atom stereocenters. The zero-order valence-electron chi connectivity index (χ0n) is 9.90. The molecule has 0 aromatic heterocycles. The van der Waals surface area contributed by atoms with Gasteiger partial charge in [-0.3, -0.25) is 0 Å². The quantitative estimate of drug-likeness (QED) is 0.698. The van der Waals surface area contributed by atoms with Gasteiger partial charge < -0.3 is 0 Å². The van der Waals surface area contributed by atoms with Crippen molar-refractivity contribution >= 4 is 10.0 Å². The highest BCUT2D eigenvalue weighted by Crippen LogP contribution is 2.11. The van der Waals surface area contributed by atoms with Crippen molar-refractivity contribution in [3.63, 3.8) is 0 Å². The fourth-order valence-corrected chi connectivity index (χ4v) is 3.44. The highest BCUT2D eigenvalue weighted by atomic mass is 32.2. The summed E-state index contributed by atoms with van der Waals surface area (Å²) >= 11 is 0. The van der Waals surface area contributed by atoms with Crippen LogP contribution in [0.25, 0.3) is 0 Å². The van der Waals surface area contributed by atoms with Gasteiger partial charge in [0.1, 0.15) is 0 Å². The van der Waals surface area contributed by atoms with Gasteiger partial charge in [-0.1, -0.05) is 13.8 Å². The molecule has 0 spiro atoms. The van der Waals surface area contributed by atoms with Crippen molar-refractivity contribution in [2.75, 3.05) is 12.3 Å². The van der Waals surface area contributed by atoms with Crippen molar-refractivity contribution in [2.45, 2.75) is 40.2 Å². The molecule has 88 valence electrons. The predicted octanol–water partition coefficient (Wildman–Crippen LogP) is 1.60. The first-order valence-electron chi connectivity index (χ1n) is 5.17. The van der Waals surface area contributed by atoms with Gasteiger partial charge in [0.2, 0.25) is 10.0 Å². The topological polar surface area (TPSA) is 61.2 Å². The summed E-state index contributed by atoms with van der Waals surface area (Å²) in [5.74, 6) is 0.259. The zero-order valence-corrected chi connectivity index (χ0v) is 10.7. The maximum Gasteiger partial charge on any atom is 0.214 e. The smallest absolute Gasteiger partial charge is 0.212 e. The second-order valence-corrected chi connectivity index (χ2v) is 6.25. The van der Waals surface area contributed by atoms with Crippen LogP contribution in [0.2, 0.25) is 0 Å². The molecule has 0 saturated heterocycles. The number of hydrogen-bond donors (Lipinski definition) is 0. The van der Waals surface area contributed by atoms with Crippen molar-refractivity contribution in [1.82, 2.24) is 4.31 Å². The van der Waals surface area contributed by atoms with Crippen LogP contribution in [0.5, 0.6) is 0 Å². The Balaban J connectivity index is 4.69. The number of nitrogens with zero attached hydrogens (tertiary/aromatic N) is 2. The lowest BCUT2D eigenvalue weighted by Crippen LogP contribution is -2.40. The Morgan fingerprint density at radius 1 is 1.27 bits per heavy atom. The third-order valence-corrected chi connectivity index (χ3v) is 4.33. The molecular weight excluding hydrogens is 212 g/mol. The van der Waals surface area contributed by atoms with Gasteiger partial charge >= 0.3 is 0 Å². The van der Waals surface area contributed by atoms with Crippen LogP contribution >= 0.6 is 0 Å². The van der Waals surface area contributed by atoms with E-state index in [-0.39, 0.29) is 24.1 Å². The average molecular weight is 232 g/mol. The van der Waals surface area contributed by atoms with Gasteiger partial charge in [-0.2, -0.15) is 9.57 Å². The minimum absolute atomic E-state index is 0.0814. The van der Waals surface area contributed by atoms with E-state index in [4.69, 9.17) is 5.26 Å². The Labute approximate surface area is 92.9 Å². The fraction of sp³-hybridized carbons (Fsp3) is 0.900. The first kappa shape index (κ1) is 14.4. The summed E-state index contributed by atoms with van der Waals surface area (Å²) in [6, 6.07) is 1.89. The van der Waals surface area contributed by atoms with Crippen molar-refractivity contribution in [3.8, 4) is 6.07 Å². The molecule has 15 heavy (non-hydrogen) atoms. The number of nitriles is 1. The Hall–Kier alpha value is -0.600. The molecule has 0 amide bonds. The normalized spacial score (nSPS) is 12.4. The van der Waals surface area contributed by atoms with E-state index in [0.29, 0.717) is 6.54 Å². The molecule has 0 radical (unpaired) electrons. The highest BCUT2D eigenvalue weighted by Gasteiger charge is 2.25. The van der Waals surface area contributed by atoms with Crippen molar-refractivity contribution in [1.29, 1.82) is 5.26 Å². The van der Waals surface area contributed by atoms with Crippen LogP contribution in [0, 0.1) is 17.2 Å². The number of sulfonamides is 1. The van der Waals surface area contributed by atoms with Crippen LogP contribution < -0.4 is 0 Å². The van der Waals surface area contributed by atoms with Crippen LogP contribution in [0.1, 0.15) is 34.1 Å². The molecule has 0 bridgehead atoms. The minimum Gasteiger partial charge on any atom is -0.212 e. The molecule has 0 aromatic carbocycles. The minimum atomic E-state index is -3.21. The Morgan fingerprint density at radius 2 is 1.80 bits per heavy atom. The summed E-state index contributed by atoms with van der Waals surface area (Å²) in [6.07, 6.45) is 0.246. The maximum absolute atomic E-state index is 11.9. The van der Waals surface area contributed by atoms with Crippen molar-refractivity contribution in [3.05, 3.63) is 0 Å². The molecule has 0 aromatic rings. The monoisotopic (exact) mass is 232 g/mol. The summed E-state index contributed by atoms with van der Waals surface area (Å²) in [6.45, 7) is 7.70. The van der Waals surface area contributed by atoms with E-state index in [1.807, 2.05) is 33.8 Å². The van der Waals surface area contributed by atoms with Gasteiger partial charge in [0.15, 0.2) is 0 Å².